The highest BCUT2D eigenvalue weighted by atomic mass is 19.4. The molecule has 3 nitrogen and oxygen atoms in total. The Kier molecular flexibility index (Phi) is 6.61. The van der Waals surface area contributed by atoms with Gasteiger partial charge in [-0.05, 0) is 31.4 Å². The maximum atomic E-state index is 13.3. The Balaban J connectivity index is 2.68. The third kappa shape index (κ3) is 5.71. The summed E-state index contributed by atoms with van der Waals surface area (Å²) in [4.78, 5) is 11.6. The van der Waals surface area contributed by atoms with Crippen molar-refractivity contribution in [3.05, 3.63) is 35.6 Å². The van der Waals surface area contributed by atoms with Crippen LogP contribution >= 0.6 is 0 Å². The van der Waals surface area contributed by atoms with E-state index in [1.54, 1.807) is 0 Å². The molecule has 1 rings (SSSR count). The van der Waals surface area contributed by atoms with Gasteiger partial charge in [0.15, 0.2) is 6.10 Å². The summed E-state index contributed by atoms with van der Waals surface area (Å²) in [5.74, 6) is -2.23. The van der Waals surface area contributed by atoms with Crippen molar-refractivity contribution in [2.75, 3.05) is 13.7 Å². The summed E-state index contributed by atoms with van der Waals surface area (Å²) in [6.07, 6.45) is -6.72. The van der Waals surface area contributed by atoms with Crippen LogP contribution in [-0.2, 0) is 9.47 Å². The lowest BCUT2D eigenvalue weighted by molar-refractivity contribution is -0.206. The van der Waals surface area contributed by atoms with Crippen molar-refractivity contribution in [3.63, 3.8) is 0 Å². The summed E-state index contributed by atoms with van der Waals surface area (Å²) in [7, 11) is 1.44. The summed E-state index contributed by atoms with van der Waals surface area (Å²) in [5.41, 5.74) is -0.511. The molecule has 1 unspecified atom stereocenters. The number of hydrogen-bond donors (Lipinski definition) is 0. The first-order valence-corrected chi connectivity index (χ1v) is 6.37. The fraction of sp³-hybridized carbons (Fsp3) is 0.500. The van der Waals surface area contributed by atoms with Crippen LogP contribution < -0.4 is 0 Å². The first kappa shape index (κ1) is 17.4. The van der Waals surface area contributed by atoms with Gasteiger partial charge in [0.05, 0.1) is 5.56 Å². The van der Waals surface area contributed by atoms with Crippen molar-refractivity contribution in [2.45, 2.75) is 31.5 Å². The molecule has 0 saturated carbocycles. The number of unbranched alkanes of at least 4 members (excludes halogenated alkanes) is 1. The van der Waals surface area contributed by atoms with Crippen LogP contribution in [0.25, 0.3) is 0 Å². The van der Waals surface area contributed by atoms with Gasteiger partial charge in [0, 0.05) is 13.7 Å². The number of benzene rings is 1. The van der Waals surface area contributed by atoms with Gasteiger partial charge in [-0.1, -0.05) is 12.1 Å². The number of halogens is 4. The quantitative estimate of drug-likeness (QED) is 0.437. The number of ether oxygens (including phenoxy) is 2. The zero-order valence-electron chi connectivity index (χ0n) is 11.5. The lowest BCUT2D eigenvalue weighted by Crippen LogP contribution is -2.34. The zero-order valence-corrected chi connectivity index (χ0v) is 11.5. The minimum atomic E-state index is -4.69. The number of methoxy groups -OCH3 is 1. The molecule has 0 radical (unpaired) electrons. The van der Waals surface area contributed by atoms with Crippen molar-refractivity contribution >= 4 is 5.97 Å². The fourth-order valence-electron chi connectivity index (χ4n) is 1.68. The van der Waals surface area contributed by atoms with Crippen molar-refractivity contribution in [1.29, 1.82) is 0 Å². The molecule has 118 valence electrons. The monoisotopic (exact) mass is 308 g/mol. The van der Waals surface area contributed by atoms with Crippen LogP contribution in [0.3, 0.4) is 0 Å². The van der Waals surface area contributed by atoms with Crippen molar-refractivity contribution in [2.24, 2.45) is 0 Å². The van der Waals surface area contributed by atoms with Gasteiger partial charge in [-0.25, -0.2) is 9.18 Å². The average Bonchev–Trinajstić information content (AvgIpc) is 2.41. The second-order valence-corrected chi connectivity index (χ2v) is 4.40. The van der Waals surface area contributed by atoms with E-state index in [0.29, 0.717) is 13.0 Å². The minimum absolute atomic E-state index is 0.183. The summed E-state index contributed by atoms with van der Waals surface area (Å²) in [6, 6.07) is 4.74. The van der Waals surface area contributed by atoms with Gasteiger partial charge in [0.2, 0.25) is 0 Å². The van der Waals surface area contributed by atoms with Gasteiger partial charge in [-0.15, -0.1) is 0 Å². The summed E-state index contributed by atoms with van der Waals surface area (Å²) in [5, 5.41) is 0. The molecular weight excluding hydrogens is 292 g/mol. The van der Waals surface area contributed by atoms with E-state index in [1.807, 2.05) is 0 Å². The number of esters is 1. The molecule has 0 amide bonds. The first-order chi connectivity index (χ1) is 9.86. The molecule has 0 bridgehead atoms. The van der Waals surface area contributed by atoms with E-state index in [0.717, 1.165) is 12.1 Å². The normalized spacial score (nSPS) is 13.0. The van der Waals surface area contributed by atoms with E-state index in [2.05, 4.69) is 4.74 Å². The van der Waals surface area contributed by atoms with Gasteiger partial charge in [0.25, 0.3) is 0 Å². The molecule has 0 heterocycles. The molecule has 0 N–H and O–H groups in total. The van der Waals surface area contributed by atoms with Gasteiger partial charge < -0.3 is 9.47 Å². The second kappa shape index (κ2) is 7.97. The van der Waals surface area contributed by atoms with Gasteiger partial charge >= 0.3 is 12.1 Å². The van der Waals surface area contributed by atoms with E-state index < -0.39 is 29.6 Å². The first-order valence-electron chi connectivity index (χ1n) is 6.37. The van der Waals surface area contributed by atoms with E-state index in [1.165, 1.54) is 19.2 Å². The van der Waals surface area contributed by atoms with Crippen LogP contribution in [0, 0.1) is 5.82 Å². The molecule has 0 spiro atoms. The van der Waals surface area contributed by atoms with Crippen LogP contribution in [0.4, 0.5) is 17.6 Å². The Morgan fingerprint density at radius 2 is 1.90 bits per heavy atom. The van der Waals surface area contributed by atoms with E-state index in [4.69, 9.17) is 4.74 Å². The molecule has 1 aromatic rings. The number of alkyl halides is 3. The number of hydrogen-bond acceptors (Lipinski definition) is 3. The van der Waals surface area contributed by atoms with Crippen LogP contribution in [0.2, 0.25) is 0 Å². The van der Waals surface area contributed by atoms with Gasteiger partial charge in [-0.2, -0.15) is 13.2 Å². The molecule has 0 saturated heterocycles. The van der Waals surface area contributed by atoms with E-state index in [-0.39, 0.29) is 12.8 Å². The SMILES string of the molecule is COCCCCC(OC(=O)c1ccccc1F)C(F)(F)F. The molecule has 0 aliphatic carbocycles. The maximum absolute atomic E-state index is 13.3. The number of rotatable bonds is 7. The lowest BCUT2D eigenvalue weighted by Gasteiger charge is -2.20. The van der Waals surface area contributed by atoms with E-state index >= 15 is 0 Å². The average molecular weight is 308 g/mol. The van der Waals surface area contributed by atoms with Crippen LogP contribution in [0.15, 0.2) is 24.3 Å². The Morgan fingerprint density at radius 1 is 1.24 bits per heavy atom. The third-order valence-corrected chi connectivity index (χ3v) is 2.77. The lowest BCUT2D eigenvalue weighted by atomic mass is 10.1. The molecule has 0 fully saturated rings. The Morgan fingerprint density at radius 3 is 2.48 bits per heavy atom. The smallest absolute Gasteiger partial charge is 0.425 e. The Bertz CT molecular complexity index is 460. The molecule has 1 atom stereocenters. The topological polar surface area (TPSA) is 35.5 Å². The highest BCUT2D eigenvalue weighted by molar-refractivity contribution is 5.89. The predicted molar refractivity (Wildman–Crippen MR) is 67.4 cm³/mol. The molecule has 0 aromatic heterocycles. The van der Waals surface area contributed by atoms with Crippen molar-refractivity contribution in [3.8, 4) is 0 Å². The van der Waals surface area contributed by atoms with Crippen LogP contribution in [0.5, 0.6) is 0 Å². The Labute approximate surface area is 119 Å². The second-order valence-electron chi connectivity index (χ2n) is 4.40. The minimum Gasteiger partial charge on any atom is -0.449 e. The largest absolute Gasteiger partial charge is 0.449 e. The number of carbonyl (C=O) groups excluding carboxylic acids is 1. The van der Waals surface area contributed by atoms with Crippen molar-refractivity contribution < 1.29 is 31.8 Å². The van der Waals surface area contributed by atoms with Gasteiger partial charge in [-0.3, -0.25) is 0 Å². The summed E-state index contributed by atoms with van der Waals surface area (Å²) < 4.78 is 60.9. The van der Waals surface area contributed by atoms with Gasteiger partial charge in [0.1, 0.15) is 5.82 Å². The van der Waals surface area contributed by atoms with E-state index in [9.17, 15) is 22.4 Å². The summed E-state index contributed by atoms with van der Waals surface area (Å²) in [6.45, 7) is 0.325. The maximum Gasteiger partial charge on any atom is 0.425 e. The van der Waals surface area contributed by atoms with Crippen LogP contribution in [-0.4, -0.2) is 32.0 Å². The predicted octanol–water partition coefficient (Wildman–Crippen LogP) is 3.73. The summed E-state index contributed by atoms with van der Waals surface area (Å²) >= 11 is 0. The zero-order chi connectivity index (χ0) is 15.9. The molecule has 0 aliphatic heterocycles. The molecule has 0 aliphatic rings. The van der Waals surface area contributed by atoms with Crippen molar-refractivity contribution in [1.82, 2.24) is 0 Å². The molecular formula is C14H16F4O3. The molecule has 7 heteroatoms. The molecule has 1 aromatic carbocycles. The third-order valence-electron chi connectivity index (χ3n) is 2.77. The number of carbonyl (C=O) groups is 1. The standard InChI is InChI=1S/C14H16F4O3/c1-20-9-5-4-8-12(14(16,17)18)21-13(19)10-6-2-3-7-11(10)15/h2-3,6-7,12H,4-5,8-9H2,1H3. The Hall–Kier alpha value is -1.63. The fourth-order valence-corrected chi connectivity index (χ4v) is 1.68. The molecule has 21 heavy (non-hydrogen) atoms. The van der Waals surface area contributed by atoms with Crippen LogP contribution in [0.1, 0.15) is 29.6 Å². The highest BCUT2D eigenvalue weighted by Gasteiger charge is 2.42. The highest BCUT2D eigenvalue weighted by Crippen LogP contribution is 2.28.